The van der Waals surface area contributed by atoms with Crippen LogP contribution < -0.4 is 10.9 Å². The van der Waals surface area contributed by atoms with E-state index in [1.54, 1.807) is 17.5 Å². The molecule has 0 aliphatic heterocycles. The van der Waals surface area contributed by atoms with Gasteiger partial charge in [0, 0.05) is 0 Å². The Morgan fingerprint density at radius 1 is 1.09 bits per heavy atom. The lowest BCUT2D eigenvalue weighted by atomic mass is 10.2. The number of carbonyl (C=O) groups is 3. The van der Waals surface area contributed by atoms with Gasteiger partial charge in [0.2, 0.25) is 0 Å². The highest BCUT2D eigenvalue weighted by Crippen LogP contribution is 2.09. The summed E-state index contributed by atoms with van der Waals surface area (Å²) in [7, 11) is 0. The highest BCUT2D eigenvalue weighted by Gasteiger charge is 2.13. The van der Waals surface area contributed by atoms with E-state index >= 15 is 0 Å². The maximum Gasteiger partial charge on any atom is 0.348 e. The van der Waals surface area contributed by atoms with Gasteiger partial charge in [0.05, 0.1) is 5.56 Å². The quantitative estimate of drug-likeness (QED) is 0.660. The van der Waals surface area contributed by atoms with Gasteiger partial charge in [-0.15, -0.1) is 11.3 Å². The summed E-state index contributed by atoms with van der Waals surface area (Å²) in [5, 5.41) is 1.70. The number of amides is 2. The van der Waals surface area contributed by atoms with Crippen LogP contribution in [0.2, 0.25) is 0 Å². The molecule has 2 rings (SSSR count). The van der Waals surface area contributed by atoms with Crippen molar-refractivity contribution in [2.75, 3.05) is 6.61 Å². The molecule has 0 fully saturated rings. The summed E-state index contributed by atoms with van der Waals surface area (Å²) in [5.74, 6) is -2.89. The predicted octanol–water partition coefficient (Wildman–Crippen LogP) is 1.51. The van der Waals surface area contributed by atoms with Crippen molar-refractivity contribution in [3.05, 3.63) is 58.0 Å². The third-order valence-electron chi connectivity index (χ3n) is 2.49. The fraction of sp³-hybridized carbons (Fsp3) is 0.0714. The van der Waals surface area contributed by atoms with E-state index in [2.05, 4.69) is 0 Å². The molecular weight excluding hydrogens is 311 g/mol. The van der Waals surface area contributed by atoms with E-state index in [9.17, 15) is 18.8 Å². The van der Waals surface area contributed by atoms with Crippen LogP contribution in [-0.4, -0.2) is 24.4 Å². The summed E-state index contributed by atoms with van der Waals surface area (Å²) in [6, 6.07) is 8.56. The Hall–Kier alpha value is -2.74. The van der Waals surface area contributed by atoms with E-state index in [-0.39, 0.29) is 5.56 Å². The van der Waals surface area contributed by atoms with Crippen LogP contribution >= 0.6 is 11.3 Å². The van der Waals surface area contributed by atoms with Crippen molar-refractivity contribution in [1.82, 2.24) is 10.9 Å². The van der Waals surface area contributed by atoms with Crippen LogP contribution in [0.25, 0.3) is 0 Å². The van der Waals surface area contributed by atoms with Crippen LogP contribution in [-0.2, 0) is 9.53 Å². The van der Waals surface area contributed by atoms with Crippen LogP contribution in [0.5, 0.6) is 0 Å². The third-order valence-corrected chi connectivity index (χ3v) is 3.34. The minimum Gasteiger partial charge on any atom is -0.451 e. The first kappa shape index (κ1) is 15.6. The zero-order valence-corrected chi connectivity index (χ0v) is 12.0. The Labute approximate surface area is 128 Å². The van der Waals surface area contributed by atoms with Gasteiger partial charge in [0.25, 0.3) is 11.8 Å². The first-order chi connectivity index (χ1) is 10.6. The summed E-state index contributed by atoms with van der Waals surface area (Å²) in [4.78, 5) is 34.9. The van der Waals surface area contributed by atoms with Gasteiger partial charge in [0.1, 0.15) is 10.7 Å². The zero-order chi connectivity index (χ0) is 15.9. The normalized spacial score (nSPS) is 9.86. The fourth-order valence-corrected chi connectivity index (χ4v) is 2.09. The van der Waals surface area contributed by atoms with Gasteiger partial charge < -0.3 is 4.74 Å². The number of esters is 1. The van der Waals surface area contributed by atoms with Gasteiger partial charge in [-0.3, -0.25) is 20.4 Å². The van der Waals surface area contributed by atoms with Gasteiger partial charge in [-0.25, -0.2) is 9.18 Å². The summed E-state index contributed by atoms with van der Waals surface area (Å²) < 4.78 is 18.1. The highest BCUT2D eigenvalue weighted by molar-refractivity contribution is 7.11. The van der Waals surface area contributed by atoms with Crippen molar-refractivity contribution < 1.29 is 23.5 Å². The predicted molar refractivity (Wildman–Crippen MR) is 76.6 cm³/mol. The van der Waals surface area contributed by atoms with Gasteiger partial charge in [-0.2, -0.15) is 0 Å². The van der Waals surface area contributed by atoms with Crippen LogP contribution in [0.1, 0.15) is 20.0 Å². The number of nitrogens with one attached hydrogen (secondary N) is 2. The number of hydrogen-bond donors (Lipinski definition) is 2. The minimum atomic E-state index is -0.809. The molecule has 0 aliphatic rings. The summed E-state index contributed by atoms with van der Waals surface area (Å²) in [6.07, 6.45) is 0. The lowest BCUT2D eigenvalue weighted by molar-refractivity contribution is -0.125. The summed E-state index contributed by atoms with van der Waals surface area (Å²) >= 11 is 1.18. The highest BCUT2D eigenvalue weighted by atomic mass is 32.1. The smallest absolute Gasteiger partial charge is 0.348 e. The van der Waals surface area contributed by atoms with Crippen molar-refractivity contribution in [2.45, 2.75) is 0 Å². The van der Waals surface area contributed by atoms with Crippen molar-refractivity contribution >= 4 is 29.1 Å². The van der Waals surface area contributed by atoms with Crippen molar-refractivity contribution in [2.24, 2.45) is 0 Å². The largest absolute Gasteiger partial charge is 0.451 e. The van der Waals surface area contributed by atoms with E-state index in [1.165, 1.54) is 29.5 Å². The van der Waals surface area contributed by atoms with Crippen molar-refractivity contribution in [3.8, 4) is 0 Å². The van der Waals surface area contributed by atoms with E-state index in [1.807, 2.05) is 10.9 Å². The number of thiophene rings is 1. The standard InChI is InChI=1S/C14H11FN2O4S/c15-10-5-2-1-4-9(10)13(19)17-16-12(18)8-21-14(20)11-6-3-7-22-11/h1-7H,8H2,(H,16,18)(H,17,19). The number of benzene rings is 1. The molecule has 0 saturated heterocycles. The number of rotatable bonds is 4. The molecule has 0 spiro atoms. The molecule has 0 radical (unpaired) electrons. The Balaban J connectivity index is 1.77. The number of hydrazine groups is 1. The molecule has 2 amide bonds. The maximum atomic E-state index is 13.3. The number of carbonyl (C=O) groups excluding carboxylic acids is 3. The molecule has 2 aromatic rings. The molecule has 0 unspecified atom stereocenters. The Morgan fingerprint density at radius 2 is 1.86 bits per heavy atom. The molecular formula is C14H11FN2O4S. The van der Waals surface area contributed by atoms with Crippen molar-refractivity contribution in [1.29, 1.82) is 0 Å². The molecule has 1 aromatic carbocycles. The minimum absolute atomic E-state index is 0.210. The van der Waals surface area contributed by atoms with Gasteiger partial charge >= 0.3 is 5.97 Å². The van der Waals surface area contributed by atoms with E-state index in [4.69, 9.17) is 4.74 Å². The van der Waals surface area contributed by atoms with Crippen LogP contribution in [0.15, 0.2) is 41.8 Å². The SMILES string of the molecule is O=C(COC(=O)c1cccs1)NNC(=O)c1ccccc1F. The molecule has 22 heavy (non-hydrogen) atoms. The van der Waals surface area contributed by atoms with Gasteiger partial charge in [-0.1, -0.05) is 18.2 Å². The molecule has 0 aliphatic carbocycles. The second-order valence-electron chi connectivity index (χ2n) is 4.04. The van der Waals surface area contributed by atoms with E-state index < -0.39 is 30.2 Å². The topological polar surface area (TPSA) is 84.5 Å². The third kappa shape index (κ3) is 4.13. The van der Waals surface area contributed by atoms with Crippen molar-refractivity contribution in [3.63, 3.8) is 0 Å². The second kappa shape index (κ2) is 7.32. The second-order valence-corrected chi connectivity index (χ2v) is 4.98. The zero-order valence-electron chi connectivity index (χ0n) is 11.2. The maximum absolute atomic E-state index is 13.3. The van der Waals surface area contributed by atoms with E-state index in [0.29, 0.717) is 4.88 Å². The average Bonchev–Trinajstić information content (AvgIpc) is 3.05. The Kier molecular flexibility index (Phi) is 5.21. The molecule has 6 nitrogen and oxygen atoms in total. The van der Waals surface area contributed by atoms with Crippen LogP contribution in [0.3, 0.4) is 0 Å². The van der Waals surface area contributed by atoms with Crippen LogP contribution in [0.4, 0.5) is 4.39 Å². The summed E-state index contributed by atoms with van der Waals surface area (Å²) in [5.41, 5.74) is 3.85. The first-order valence-electron chi connectivity index (χ1n) is 6.12. The Bertz CT molecular complexity index is 688. The van der Waals surface area contributed by atoms with Crippen LogP contribution in [0, 0.1) is 5.82 Å². The number of ether oxygens (including phenoxy) is 1. The molecule has 2 N–H and O–H groups in total. The number of halogens is 1. The fourth-order valence-electron chi connectivity index (χ4n) is 1.47. The number of hydrogen-bond acceptors (Lipinski definition) is 5. The molecule has 0 bridgehead atoms. The molecule has 1 heterocycles. The molecule has 8 heteroatoms. The van der Waals surface area contributed by atoms with E-state index in [0.717, 1.165) is 6.07 Å². The lowest BCUT2D eigenvalue weighted by Crippen LogP contribution is -2.43. The molecule has 0 saturated carbocycles. The molecule has 1 aromatic heterocycles. The van der Waals surface area contributed by atoms with Gasteiger partial charge in [-0.05, 0) is 23.6 Å². The summed E-state index contributed by atoms with van der Waals surface area (Å²) in [6.45, 7) is -0.561. The lowest BCUT2D eigenvalue weighted by Gasteiger charge is -2.08. The average molecular weight is 322 g/mol. The molecule has 114 valence electrons. The first-order valence-corrected chi connectivity index (χ1v) is 7.00. The monoisotopic (exact) mass is 322 g/mol. The Morgan fingerprint density at radius 3 is 2.55 bits per heavy atom. The van der Waals surface area contributed by atoms with Gasteiger partial charge in [0.15, 0.2) is 6.61 Å². The molecule has 0 atom stereocenters.